The Balaban J connectivity index is 0.00000155. The molecular formula is C23H29ClN2O4. The van der Waals surface area contributed by atoms with Crippen LogP contribution in [0.4, 0.5) is 0 Å². The maximum Gasteiger partial charge on any atom is 0.255 e. The fourth-order valence-electron chi connectivity index (χ4n) is 3.43. The molecule has 30 heavy (non-hydrogen) atoms. The van der Waals surface area contributed by atoms with Crippen molar-refractivity contribution in [3.05, 3.63) is 70.7 Å². The molecule has 1 heterocycles. The van der Waals surface area contributed by atoms with Crippen LogP contribution < -0.4 is 5.32 Å². The molecule has 2 amide bonds. The molecule has 0 bridgehead atoms. The third-order valence-electron chi connectivity index (χ3n) is 4.90. The van der Waals surface area contributed by atoms with Crippen molar-refractivity contribution in [1.29, 1.82) is 0 Å². The van der Waals surface area contributed by atoms with E-state index in [4.69, 9.17) is 11.6 Å². The number of aliphatic hydroxyl groups is 2. The quantitative estimate of drug-likeness (QED) is 0.654. The number of rotatable bonds is 6. The van der Waals surface area contributed by atoms with Crippen molar-refractivity contribution in [2.75, 3.05) is 6.54 Å². The normalized spacial score (nSPS) is 17.5. The van der Waals surface area contributed by atoms with E-state index in [1.165, 1.54) is 4.90 Å². The van der Waals surface area contributed by atoms with Gasteiger partial charge in [-0.25, -0.2) is 0 Å². The molecule has 162 valence electrons. The van der Waals surface area contributed by atoms with Crippen LogP contribution >= 0.6 is 11.6 Å². The fraction of sp³-hybridized carbons (Fsp3) is 0.391. The molecule has 3 atom stereocenters. The molecule has 2 aromatic carbocycles. The topological polar surface area (TPSA) is 89.9 Å². The Bertz CT molecular complexity index is 831. The molecule has 1 saturated heterocycles. The third-order valence-corrected chi connectivity index (χ3v) is 5.13. The van der Waals surface area contributed by atoms with Crippen molar-refractivity contribution in [3.63, 3.8) is 0 Å². The monoisotopic (exact) mass is 432 g/mol. The van der Waals surface area contributed by atoms with E-state index < -0.39 is 24.0 Å². The number of carbonyl (C=O) groups is 2. The van der Waals surface area contributed by atoms with Crippen LogP contribution in [-0.4, -0.2) is 45.7 Å². The molecule has 1 aliphatic rings. The maximum atomic E-state index is 12.7. The molecule has 3 unspecified atom stereocenters. The van der Waals surface area contributed by atoms with Crippen LogP contribution in [-0.2, 0) is 16.1 Å². The van der Waals surface area contributed by atoms with Crippen molar-refractivity contribution in [1.82, 2.24) is 10.2 Å². The summed E-state index contributed by atoms with van der Waals surface area (Å²) in [7, 11) is 0. The summed E-state index contributed by atoms with van der Waals surface area (Å²) < 4.78 is 0. The van der Waals surface area contributed by atoms with Crippen LogP contribution in [0.1, 0.15) is 43.9 Å². The summed E-state index contributed by atoms with van der Waals surface area (Å²) >= 11 is 6.04. The molecule has 0 spiro atoms. The fourth-order valence-corrected chi connectivity index (χ4v) is 3.63. The first-order valence-electron chi connectivity index (χ1n) is 10.2. The summed E-state index contributed by atoms with van der Waals surface area (Å²) in [6.07, 6.45) is -2.16. The minimum atomic E-state index is -1.84. The van der Waals surface area contributed by atoms with Crippen molar-refractivity contribution in [2.45, 2.75) is 51.5 Å². The first kappa shape index (κ1) is 23.9. The van der Waals surface area contributed by atoms with Crippen LogP contribution in [0.25, 0.3) is 0 Å². The molecule has 3 rings (SSSR count). The van der Waals surface area contributed by atoms with Gasteiger partial charge in [0.05, 0.1) is 6.04 Å². The lowest BCUT2D eigenvalue weighted by atomic mass is 10.0. The number of benzene rings is 2. The van der Waals surface area contributed by atoms with Gasteiger partial charge in [0.1, 0.15) is 0 Å². The highest BCUT2D eigenvalue weighted by Gasteiger charge is 2.38. The number of nitrogens with one attached hydrogen (secondary N) is 1. The summed E-state index contributed by atoms with van der Waals surface area (Å²) in [5.41, 5.74) is 1.72. The molecule has 0 aliphatic carbocycles. The predicted octanol–water partition coefficient (Wildman–Crippen LogP) is 3.07. The highest BCUT2D eigenvalue weighted by atomic mass is 35.5. The summed E-state index contributed by atoms with van der Waals surface area (Å²) in [6.45, 7) is 4.65. The smallest absolute Gasteiger partial charge is 0.255 e. The highest BCUT2D eigenvalue weighted by molar-refractivity contribution is 6.30. The molecule has 3 N–H and O–H groups in total. The van der Waals surface area contributed by atoms with E-state index in [0.29, 0.717) is 11.6 Å². The molecule has 1 aliphatic heterocycles. The molecule has 6 nitrogen and oxygen atoms in total. The van der Waals surface area contributed by atoms with Gasteiger partial charge in [-0.15, -0.1) is 0 Å². The van der Waals surface area contributed by atoms with Crippen molar-refractivity contribution in [3.8, 4) is 0 Å². The van der Waals surface area contributed by atoms with Gasteiger partial charge in [-0.1, -0.05) is 67.9 Å². The van der Waals surface area contributed by atoms with Crippen molar-refractivity contribution < 1.29 is 19.8 Å². The summed E-state index contributed by atoms with van der Waals surface area (Å²) in [4.78, 5) is 26.4. The van der Waals surface area contributed by atoms with E-state index in [0.717, 1.165) is 24.0 Å². The van der Waals surface area contributed by atoms with Gasteiger partial charge in [0, 0.05) is 18.1 Å². The zero-order valence-corrected chi connectivity index (χ0v) is 18.0. The number of amides is 2. The van der Waals surface area contributed by atoms with E-state index in [1.807, 2.05) is 50.2 Å². The molecule has 1 fully saturated rings. The predicted molar refractivity (Wildman–Crippen MR) is 117 cm³/mol. The first-order chi connectivity index (χ1) is 14.5. The minimum Gasteiger partial charge on any atom is -0.380 e. The van der Waals surface area contributed by atoms with Crippen LogP contribution in [0.5, 0.6) is 0 Å². The standard InChI is InChI=1S/C21H23ClN2O4.C2H6/c22-16-9-4-8-15(12-16)17-10-5-11-24(17)21(28)19(26)18(25)20(27)23-13-14-6-2-1-3-7-14;1-2/h1-4,6-9,12,17-19,25-26H,5,10-11,13H2,(H,23,27);1-2H3. The van der Waals surface area contributed by atoms with Gasteiger partial charge < -0.3 is 20.4 Å². The van der Waals surface area contributed by atoms with Gasteiger partial charge in [0.2, 0.25) is 0 Å². The Kier molecular flexibility index (Phi) is 9.30. The van der Waals surface area contributed by atoms with E-state index in [9.17, 15) is 19.8 Å². The second kappa shape index (κ2) is 11.7. The van der Waals surface area contributed by atoms with Crippen LogP contribution in [0.15, 0.2) is 54.6 Å². The van der Waals surface area contributed by atoms with Crippen LogP contribution in [0.3, 0.4) is 0 Å². The third kappa shape index (κ3) is 6.05. The van der Waals surface area contributed by atoms with E-state index in [2.05, 4.69) is 5.32 Å². The summed E-state index contributed by atoms with van der Waals surface area (Å²) in [5.74, 6) is -1.45. The number of halogens is 1. The van der Waals surface area contributed by atoms with Gasteiger partial charge in [-0.05, 0) is 36.1 Å². The first-order valence-corrected chi connectivity index (χ1v) is 10.6. The molecule has 2 aromatic rings. The number of nitrogens with zero attached hydrogens (tertiary/aromatic N) is 1. The number of carbonyl (C=O) groups excluding carboxylic acids is 2. The molecule has 0 saturated carbocycles. The maximum absolute atomic E-state index is 12.7. The van der Waals surface area contributed by atoms with Crippen LogP contribution in [0.2, 0.25) is 5.02 Å². The highest BCUT2D eigenvalue weighted by Crippen LogP contribution is 2.33. The average molecular weight is 433 g/mol. The van der Waals surface area contributed by atoms with Gasteiger partial charge >= 0.3 is 0 Å². The number of aliphatic hydroxyl groups excluding tert-OH is 2. The second-order valence-electron chi connectivity index (χ2n) is 6.84. The Hall–Kier alpha value is -2.41. The number of hydrogen-bond donors (Lipinski definition) is 3. The lowest BCUT2D eigenvalue weighted by Crippen LogP contribution is -2.50. The molecule has 0 aromatic heterocycles. The zero-order chi connectivity index (χ0) is 22.1. The molecular weight excluding hydrogens is 404 g/mol. The van der Waals surface area contributed by atoms with E-state index >= 15 is 0 Å². The van der Waals surface area contributed by atoms with E-state index in [1.54, 1.807) is 18.2 Å². The van der Waals surface area contributed by atoms with Gasteiger partial charge in [0.25, 0.3) is 11.8 Å². The van der Waals surface area contributed by atoms with Gasteiger partial charge in [-0.2, -0.15) is 0 Å². The SMILES string of the molecule is CC.O=C(NCc1ccccc1)C(O)C(O)C(=O)N1CCCC1c1cccc(Cl)c1. The van der Waals surface area contributed by atoms with E-state index in [-0.39, 0.29) is 12.6 Å². The Morgan fingerprint density at radius 3 is 2.47 bits per heavy atom. The Morgan fingerprint density at radius 1 is 1.10 bits per heavy atom. The average Bonchev–Trinajstić information content (AvgIpc) is 3.28. The molecule has 0 radical (unpaired) electrons. The zero-order valence-electron chi connectivity index (χ0n) is 17.3. The number of likely N-dealkylation sites (tertiary alicyclic amines) is 1. The summed E-state index contributed by atoms with van der Waals surface area (Å²) in [6, 6.07) is 16.2. The summed E-state index contributed by atoms with van der Waals surface area (Å²) in [5, 5.41) is 23.6. The van der Waals surface area contributed by atoms with Crippen LogP contribution in [0, 0.1) is 0 Å². The second-order valence-corrected chi connectivity index (χ2v) is 7.27. The lowest BCUT2D eigenvalue weighted by molar-refractivity contribution is -0.153. The lowest BCUT2D eigenvalue weighted by Gasteiger charge is -2.28. The number of hydrogen-bond acceptors (Lipinski definition) is 4. The van der Waals surface area contributed by atoms with Gasteiger partial charge in [-0.3, -0.25) is 9.59 Å². The van der Waals surface area contributed by atoms with Gasteiger partial charge in [0.15, 0.2) is 12.2 Å². The van der Waals surface area contributed by atoms with Crippen molar-refractivity contribution >= 4 is 23.4 Å². The molecule has 7 heteroatoms. The minimum absolute atomic E-state index is 0.201. The van der Waals surface area contributed by atoms with Crippen molar-refractivity contribution in [2.24, 2.45) is 0 Å². The Morgan fingerprint density at radius 2 is 1.80 bits per heavy atom. The largest absolute Gasteiger partial charge is 0.380 e. The Labute approximate surface area is 182 Å².